The topological polar surface area (TPSA) is 18.5 Å². The van der Waals surface area contributed by atoms with Gasteiger partial charge in [0, 0.05) is 10.6 Å². The predicted molar refractivity (Wildman–Crippen MR) is 125 cm³/mol. The maximum absolute atomic E-state index is 6.35. The molecule has 2 aliphatic rings. The largest absolute Gasteiger partial charge is 0.485 e. The van der Waals surface area contributed by atoms with Crippen LogP contribution in [0.2, 0.25) is 0 Å². The van der Waals surface area contributed by atoms with Gasteiger partial charge in [-0.15, -0.1) is 0 Å². The fraction of sp³-hybridized carbons (Fsp3) is 0.500. The van der Waals surface area contributed by atoms with Gasteiger partial charge < -0.3 is 9.47 Å². The lowest BCUT2D eigenvalue weighted by Crippen LogP contribution is -2.25. The summed E-state index contributed by atoms with van der Waals surface area (Å²) in [7, 11) is -0.847. The molecular weight excluding hydrogens is 382 g/mol. The van der Waals surface area contributed by atoms with E-state index in [4.69, 9.17) is 9.47 Å². The van der Waals surface area contributed by atoms with Crippen LogP contribution in [-0.2, 0) is 0 Å². The van der Waals surface area contributed by atoms with Crippen LogP contribution in [0, 0.1) is 0 Å². The Morgan fingerprint density at radius 2 is 1.00 bits per heavy atom. The molecular formula is C24H32O2P2. The zero-order valence-corrected chi connectivity index (χ0v) is 20.1. The Bertz CT molecular complexity index is 832. The molecule has 0 unspecified atom stereocenters. The molecule has 2 nitrogen and oxygen atoms in total. The monoisotopic (exact) mass is 414 g/mol. The summed E-state index contributed by atoms with van der Waals surface area (Å²) in [6, 6.07) is 13.2. The van der Waals surface area contributed by atoms with Crippen molar-refractivity contribution in [3.8, 4) is 22.6 Å². The van der Waals surface area contributed by atoms with Crippen LogP contribution >= 0.6 is 15.8 Å². The van der Waals surface area contributed by atoms with Crippen molar-refractivity contribution in [2.45, 2.75) is 77.4 Å². The van der Waals surface area contributed by atoms with E-state index in [2.05, 4.69) is 91.8 Å². The quantitative estimate of drug-likeness (QED) is 0.487. The van der Waals surface area contributed by atoms with Gasteiger partial charge in [-0.2, -0.15) is 0 Å². The SMILES string of the molecule is C[C@H]1Oc2cccc(-c3cccc4c3[P@@](C(C)(C)C)[C@@H](C)O4)c2[P@@]1C(C)(C)C. The lowest BCUT2D eigenvalue weighted by Gasteiger charge is -2.33. The summed E-state index contributed by atoms with van der Waals surface area (Å²) >= 11 is 0. The second-order valence-electron chi connectivity index (χ2n) is 9.82. The molecule has 2 heterocycles. The first-order valence-corrected chi connectivity index (χ1v) is 13.0. The van der Waals surface area contributed by atoms with Gasteiger partial charge in [0.25, 0.3) is 0 Å². The Balaban J connectivity index is 1.96. The second kappa shape index (κ2) is 6.72. The molecule has 0 radical (unpaired) electrons. The van der Waals surface area contributed by atoms with Crippen molar-refractivity contribution >= 4 is 26.5 Å². The summed E-state index contributed by atoms with van der Waals surface area (Å²) < 4.78 is 12.7. The van der Waals surface area contributed by atoms with Crippen LogP contribution in [0.3, 0.4) is 0 Å². The molecule has 0 N–H and O–H groups in total. The molecule has 0 aliphatic carbocycles. The number of rotatable bonds is 1. The fourth-order valence-electron chi connectivity index (χ4n) is 4.76. The fourth-order valence-corrected chi connectivity index (χ4v) is 11.1. The van der Waals surface area contributed by atoms with Crippen LogP contribution in [-0.4, -0.2) is 22.0 Å². The van der Waals surface area contributed by atoms with Crippen LogP contribution < -0.4 is 20.1 Å². The Hall–Kier alpha value is -1.10. The molecule has 0 amide bonds. The Kier molecular flexibility index (Phi) is 4.84. The standard InChI is InChI=1S/C24H32O2P2/c1-15-25-19-13-9-11-17(21(19)27(15)23(3,4)5)18-12-10-14-20-22(18)28(16(2)26-20)24(6,7)8/h9-16H,1-8H3/t15-,16-,27-,28-/m0/s1. The van der Waals surface area contributed by atoms with E-state index in [9.17, 15) is 0 Å². The summed E-state index contributed by atoms with van der Waals surface area (Å²) in [5.41, 5.74) is 2.71. The average molecular weight is 414 g/mol. The van der Waals surface area contributed by atoms with Crippen molar-refractivity contribution in [3.05, 3.63) is 36.4 Å². The predicted octanol–water partition coefficient (Wildman–Crippen LogP) is 6.64. The van der Waals surface area contributed by atoms with E-state index >= 15 is 0 Å². The second-order valence-corrected chi connectivity index (χ2v) is 16.3. The van der Waals surface area contributed by atoms with Crippen LogP contribution in [0.15, 0.2) is 36.4 Å². The zero-order chi connectivity index (χ0) is 20.4. The van der Waals surface area contributed by atoms with E-state index in [0.717, 1.165) is 11.5 Å². The minimum Gasteiger partial charge on any atom is -0.485 e. The highest BCUT2D eigenvalue weighted by atomic mass is 31.1. The summed E-state index contributed by atoms with van der Waals surface area (Å²) in [4.78, 5) is 0. The maximum Gasteiger partial charge on any atom is 0.128 e. The molecule has 0 saturated heterocycles. The average Bonchev–Trinajstić information content (AvgIpc) is 3.08. The lowest BCUT2D eigenvalue weighted by atomic mass is 10.0. The van der Waals surface area contributed by atoms with E-state index in [1.54, 1.807) is 0 Å². The molecule has 0 spiro atoms. The minimum absolute atomic E-state index is 0.201. The summed E-state index contributed by atoms with van der Waals surface area (Å²) in [5.74, 6) is 2.66. The van der Waals surface area contributed by atoms with Crippen molar-refractivity contribution in [1.29, 1.82) is 0 Å². The lowest BCUT2D eigenvalue weighted by molar-refractivity contribution is 0.312. The Morgan fingerprint density at radius 3 is 1.32 bits per heavy atom. The summed E-state index contributed by atoms with van der Waals surface area (Å²) in [6.07, 6.45) is 0. The van der Waals surface area contributed by atoms with Crippen molar-refractivity contribution in [1.82, 2.24) is 0 Å². The summed E-state index contributed by atoms with van der Waals surface area (Å²) in [5, 5.41) is 3.28. The van der Waals surface area contributed by atoms with Crippen LogP contribution in [0.25, 0.3) is 11.1 Å². The van der Waals surface area contributed by atoms with Crippen molar-refractivity contribution in [2.24, 2.45) is 0 Å². The van der Waals surface area contributed by atoms with E-state index in [-0.39, 0.29) is 22.0 Å². The molecule has 28 heavy (non-hydrogen) atoms. The number of hydrogen-bond donors (Lipinski definition) is 0. The van der Waals surface area contributed by atoms with E-state index in [1.165, 1.54) is 21.7 Å². The van der Waals surface area contributed by atoms with Crippen molar-refractivity contribution < 1.29 is 9.47 Å². The first kappa shape index (κ1) is 20.2. The highest BCUT2D eigenvalue weighted by molar-refractivity contribution is 7.69. The Labute approximate surface area is 172 Å². The van der Waals surface area contributed by atoms with Gasteiger partial charge in [0.05, 0.1) is 0 Å². The maximum atomic E-state index is 6.35. The third kappa shape index (κ3) is 3.18. The normalized spacial score (nSPS) is 26.4. The molecule has 4 heteroatoms. The first-order chi connectivity index (χ1) is 13.0. The van der Waals surface area contributed by atoms with Gasteiger partial charge in [-0.05, 0) is 63.3 Å². The van der Waals surface area contributed by atoms with E-state index in [0.29, 0.717) is 0 Å². The molecule has 0 saturated carbocycles. The molecule has 2 aromatic carbocycles. The summed E-state index contributed by atoms with van der Waals surface area (Å²) in [6.45, 7) is 18.6. The molecule has 2 aromatic rings. The van der Waals surface area contributed by atoms with Gasteiger partial charge in [-0.3, -0.25) is 0 Å². The van der Waals surface area contributed by atoms with Crippen molar-refractivity contribution in [3.63, 3.8) is 0 Å². The molecule has 4 atom stereocenters. The number of fused-ring (bicyclic) bond motifs is 2. The van der Waals surface area contributed by atoms with Gasteiger partial charge in [-0.1, -0.05) is 65.8 Å². The van der Waals surface area contributed by atoms with E-state index < -0.39 is 15.8 Å². The highest BCUT2D eigenvalue weighted by Gasteiger charge is 2.44. The van der Waals surface area contributed by atoms with Crippen molar-refractivity contribution in [2.75, 3.05) is 0 Å². The van der Waals surface area contributed by atoms with Crippen LogP contribution in [0.1, 0.15) is 55.4 Å². The van der Waals surface area contributed by atoms with Crippen LogP contribution in [0.4, 0.5) is 0 Å². The van der Waals surface area contributed by atoms with Gasteiger partial charge in [0.1, 0.15) is 23.2 Å². The molecule has 2 aliphatic heterocycles. The molecule has 0 aromatic heterocycles. The smallest absolute Gasteiger partial charge is 0.128 e. The molecule has 0 bridgehead atoms. The number of benzene rings is 2. The van der Waals surface area contributed by atoms with Crippen LogP contribution in [0.5, 0.6) is 11.5 Å². The number of hydrogen-bond acceptors (Lipinski definition) is 2. The third-order valence-electron chi connectivity index (χ3n) is 5.54. The molecule has 4 rings (SSSR count). The zero-order valence-electron chi connectivity index (χ0n) is 18.3. The molecule has 0 fully saturated rings. The highest BCUT2D eigenvalue weighted by Crippen LogP contribution is 2.62. The number of ether oxygens (including phenoxy) is 2. The third-order valence-corrected chi connectivity index (χ3v) is 12.0. The Morgan fingerprint density at radius 1 is 0.643 bits per heavy atom. The van der Waals surface area contributed by atoms with Gasteiger partial charge in [0.15, 0.2) is 0 Å². The van der Waals surface area contributed by atoms with Gasteiger partial charge >= 0.3 is 0 Å². The molecule has 150 valence electrons. The van der Waals surface area contributed by atoms with Gasteiger partial charge in [-0.25, -0.2) is 0 Å². The minimum atomic E-state index is -0.424. The first-order valence-electron chi connectivity index (χ1n) is 10.2. The van der Waals surface area contributed by atoms with Gasteiger partial charge in [0.2, 0.25) is 0 Å². The van der Waals surface area contributed by atoms with E-state index in [1.807, 2.05) is 0 Å².